The van der Waals surface area contributed by atoms with Gasteiger partial charge in [-0.25, -0.2) is 9.97 Å². The lowest BCUT2D eigenvalue weighted by Crippen LogP contribution is -2.02. The molecule has 4 rings (SSSR count). The lowest BCUT2D eigenvalue weighted by Gasteiger charge is -2.07. The fraction of sp³-hybridized carbons (Fsp3) is 0.174. The summed E-state index contributed by atoms with van der Waals surface area (Å²) < 4.78 is 0. The number of carbonyl (C=O) groups is 1. The first kappa shape index (κ1) is 18.8. The van der Waals surface area contributed by atoms with E-state index in [1.807, 2.05) is 31.2 Å². The van der Waals surface area contributed by atoms with Gasteiger partial charge in [0.1, 0.15) is 16.2 Å². The molecule has 140 valence electrons. The van der Waals surface area contributed by atoms with Crippen LogP contribution < -0.4 is 0 Å². The standard InChI is InChI=1S/C23H20N2OS2/c1-14-4-7-17(8-5-14)20(26)12-28-23-21-19(11-27-22(21)24-13-25-23)18-9-6-15(2)16(3)10-18/h4-11,13H,12H2,1-3H3. The Kier molecular flexibility index (Phi) is 5.29. The van der Waals surface area contributed by atoms with Gasteiger partial charge in [-0.3, -0.25) is 4.79 Å². The Balaban J connectivity index is 1.66. The highest BCUT2D eigenvalue weighted by Gasteiger charge is 2.15. The minimum absolute atomic E-state index is 0.111. The topological polar surface area (TPSA) is 42.9 Å². The van der Waals surface area contributed by atoms with Gasteiger partial charge in [0, 0.05) is 16.5 Å². The normalized spacial score (nSPS) is 11.1. The van der Waals surface area contributed by atoms with Gasteiger partial charge < -0.3 is 0 Å². The van der Waals surface area contributed by atoms with Crippen LogP contribution in [0.2, 0.25) is 0 Å². The van der Waals surface area contributed by atoms with Gasteiger partial charge in [-0.2, -0.15) is 0 Å². The summed E-state index contributed by atoms with van der Waals surface area (Å²) in [4.78, 5) is 22.5. The van der Waals surface area contributed by atoms with E-state index < -0.39 is 0 Å². The third-order valence-corrected chi connectivity index (χ3v) is 6.74. The molecule has 0 aliphatic carbocycles. The average Bonchev–Trinajstić information content (AvgIpc) is 3.13. The number of aryl methyl sites for hydroxylation is 3. The molecular formula is C23H20N2OS2. The van der Waals surface area contributed by atoms with Crippen molar-refractivity contribution in [3.63, 3.8) is 0 Å². The van der Waals surface area contributed by atoms with Gasteiger partial charge in [-0.1, -0.05) is 59.8 Å². The number of aromatic nitrogens is 2. The molecule has 2 aromatic carbocycles. The summed E-state index contributed by atoms with van der Waals surface area (Å²) in [6.07, 6.45) is 1.59. The van der Waals surface area contributed by atoms with Crippen molar-refractivity contribution < 1.29 is 4.79 Å². The van der Waals surface area contributed by atoms with Gasteiger partial charge in [0.25, 0.3) is 0 Å². The van der Waals surface area contributed by atoms with E-state index >= 15 is 0 Å². The molecule has 0 amide bonds. The molecule has 2 aromatic heterocycles. The number of fused-ring (bicyclic) bond motifs is 1. The van der Waals surface area contributed by atoms with Crippen molar-refractivity contribution in [1.82, 2.24) is 9.97 Å². The lowest BCUT2D eigenvalue weighted by molar-refractivity contribution is 0.102. The van der Waals surface area contributed by atoms with E-state index in [2.05, 4.69) is 47.4 Å². The smallest absolute Gasteiger partial charge is 0.173 e. The van der Waals surface area contributed by atoms with Gasteiger partial charge >= 0.3 is 0 Å². The van der Waals surface area contributed by atoms with E-state index in [1.54, 1.807) is 17.7 Å². The Morgan fingerprint density at radius 1 is 1.00 bits per heavy atom. The molecule has 0 atom stereocenters. The van der Waals surface area contributed by atoms with Crippen molar-refractivity contribution in [3.05, 3.63) is 76.4 Å². The Labute approximate surface area is 172 Å². The van der Waals surface area contributed by atoms with E-state index in [1.165, 1.54) is 22.9 Å². The Morgan fingerprint density at radius 3 is 2.54 bits per heavy atom. The van der Waals surface area contributed by atoms with Crippen molar-refractivity contribution in [2.24, 2.45) is 0 Å². The highest BCUT2D eigenvalue weighted by atomic mass is 32.2. The number of rotatable bonds is 5. The highest BCUT2D eigenvalue weighted by molar-refractivity contribution is 8.00. The summed E-state index contributed by atoms with van der Waals surface area (Å²) in [5, 5.41) is 4.03. The number of carbonyl (C=O) groups excluding carboxylic acids is 1. The predicted molar refractivity (Wildman–Crippen MR) is 119 cm³/mol. The van der Waals surface area contributed by atoms with Crippen LogP contribution in [0.5, 0.6) is 0 Å². The largest absolute Gasteiger partial charge is 0.293 e. The van der Waals surface area contributed by atoms with Gasteiger partial charge in [0.15, 0.2) is 5.78 Å². The zero-order valence-corrected chi connectivity index (χ0v) is 17.7. The molecule has 0 bridgehead atoms. The first-order valence-corrected chi connectivity index (χ1v) is 10.9. The van der Waals surface area contributed by atoms with E-state index in [-0.39, 0.29) is 5.78 Å². The van der Waals surface area contributed by atoms with Crippen LogP contribution in [-0.2, 0) is 0 Å². The lowest BCUT2D eigenvalue weighted by atomic mass is 10.0. The molecule has 0 saturated heterocycles. The fourth-order valence-corrected chi connectivity index (χ4v) is 4.92. The first-order chi connectivity index (χ1) is 13.5. The summed E-state index contributed by atoms with van der Waals surface area (Å²) in [5.41, 5.74) is 6.72. The van der Waals surface area contributed by atoms with Crippen LogP contribution in [0.25, 0.3) is 21.3 Å². The number of ketones is 1. The van der Waals surface area contributed by atoms with Crippen LogP contribution in [0.1, 0.15) is 27.0 Å². The molecule has 5 heteroatoms. The molecule has 0 N–H and O–H groups in total. The molecule has 28 heavy (non-hydrogen) atoms. The van der Waals surface area contributed by atoms with Crippen molar-refractivity contribution in [2.45, 2.75) is 25.8 Å². The number of nitrogens with zero attached hydrogens (tertiary/aromatic N) is 2. The molecule has 0 radical (unpaired) electrons. The van der Waals surface area contributed by atoms with Crippen LogP contribution in [0.4, 0.5) is 0 Å². The van der Waals surface area contributed by atoms with E-state index in [4.69, 9.17) is 0 Å². The summed E-state index contributed by atoms with van der Waals surface area (Å²) in [6.45, 7) is 6.26. The summed E-state index contributed by atoms with van der Waals surface area (Å²) in [6, 6.07) is 14.2. The van der Waals surface area contributed by atoms with Crippen LogP contribution >= 0.6 is 23.1 Å². The second-order valence-electron chi connectivity index (χ2n) is 6.89. The number of Topliss-reactive ketones (excluding diaryl/α,β-unsaturated/α-hetero) is 1. The van der Waals surface area contributed by atoms with Crippen LogP contribution in [0, 0.1) is 20.8 Å². The third kappa shape index (κ3) is 3.73. The molecule has 0 aliphatic heterocycles. The highest BCUT2D eigenvalue weighted by Crippen LogP contribution is 2.38. The van der Waals surface area contributed by atoms with Gasteiger partial charge in [0.2, 0.25) is 0 Å². The molecule has 4 aromatic rings. The molecule has 2 heterocycles. The molecule has 3 nitrogen and oxygen atoms in total. The molecular weight excluding hydrogens is 384 g/mol. The van der Waals surface area contributed by atoms with Gasteiger partial charge in [-0.05, 0) is 37.5 Å². The minimum atomic E-state index is 0.111. The number of hydrogen-bond donors (Lipinski definition) is 0. The Morgan fingerprint density at radius 2 is 1.79 bits per heavy atom. The number of thiophene rings is 1. The second kappa shape index (κ2) is 7.86. The van der Waals surface area contributed by atoms with Gasteiger partial charge in [0.05, 0.1) is 11.1 Å². The summed E-state index contributed by atoms with van der Waals surface area (Å²) >= 11 is 3.10. The predicted octanol–water partition coefficient (Wildman–Crippen LogP) is 6.26. The Bertz CT molecular complexity index is 1160. The van der Waals surface area contributed by atoms with Crippen LogP contribution in [0.3, 0.4) is 0 Å². The molecule has 0 fully saturated rings. The molecule has 0 saturated carbocycles. The third-order valence-electron chi connectivity index (χ3n) is 4.87. The van der Waals surface area contributed by atoms with Crippen molar-refractivity contribution in [2.75, 3.05) is 5.75 Å². The molecule has 0 aliphatic rings. The molecule has 0 spiro atoms. The fourth-order valence-electron chi connectivity index (χ4n) is 3.04. The zero-order chi connectivity index (χ0) is 19.7. The maximum Gasteiger partial charge on any atom is 0.173 e. The monoisotopic (exact) mass is 404 g/mol. The number of benzene rings is 2. The second-order valence-corrected chi connectivity index (χ2v) is 8.71. The zero-order valence-electron chi connectivity index (χ0n) is 16.0. The quantitative estimate of drug-likeness (QED) is 0.224. The number of thioether (sulfide) groups is 1. The SMILES string of the molecule is Cc1ccc(C(=O)CSc2ncnc3scc(-c4ccc(C)c(C)c4)c23)cc1. The van der Waals surface area contributed by atoms with Crippen molar-refractivity contribution in [3.8, 4) is 11.1 Å². The summed E-state index contributed by atoms with van der Waals surface area (Å²) in [5.74, 6) is 0.469. The van der Waals surface area contributed by atoms with Crippen molar-refractivity contribution >= 4 is 39.1 Å². The average molecular weight is 405 g/mol. The maximum absolute atomic E-state index is 12.6. The van der Waals surface area contributed by atoms with E-state index in [0.29, 0.717) is 5.75 Å². The summed E-state index contributed by atoms with van der Waals surface area (Å²) in [7, 11) is 0. The Hall–Kier alpha value is -2.50. The van der Waals surface area contributed by atoms with E-state index in [0.717, 1.165) is 37.5 Å². The van der Waals surface area contributed by atoms with E-state index in [9.17, 15) is 4.79 Å². The van der Waals surface area contributed by atoms with Crippen LogP contribution in [-0.4, -0.2) is 21.5 Å². The minimum Gasteiger partial charge on any atom is -0.293 e. The maximum atomic E-state index is 12.6. The van der Waals surface area contributed by atoms with Crippen molar-refractivity contribution in [1.29, 1.82) is 0 Å². The first-order valence-electron chi connectivity index (χ1n) is 9.05. The molecule has 0 unspecified atom stereocenters. The van der Waals surface area contributed by atoms with Crippen LogP contribution in [0.15, 0.2) is 59.2 Å². The number of hydrogen-bond acceptors (Lipinski definition) is 5. The van der Waals surface area contributed by atoms with Gasteiger partial charge in [-0.15, -0.1) is 11.3 Å².